The Morgan fingerprint density at radius 3 is 2.58 bits per heavy atom. The lowest BCUT2D eigenvalue weighted by Gasteiger charge is -2.35. The number of nitrogens with one attached hydrogen (secondary N) is 2. The van der Waals surface area contributed by atoms with Gasteiger partial charge in [-0.3, -0.25) is 5.10 Å². The van der Waals surface area contributed by atoms with Crippen LogP contribution in [-0.2, 0) is 0 Å². The normalized spacial score (nSPS) is 23.4. The number of H-pyrrole nitrogens is 1. The SMILES string of the molecule is CCC(Nc1nc(C)nc2[nH]ncc12)C1CCC(C(F)(F)F)CC1. The lowest BCUT2D eigenvalue weighted by molar-refractivity contribution is -0.184. The van der Waals surface area contributed by atoms with Crippen LogP contribution < -0.4 is 5.32 Å². The molecule has 0 bridgehead atoms. The van der Waals surface area contributed by atoms with Crippen molar-refractivity contribution in [2.75, 3.05) is 5.32 Å². The predicted molar refractivity (Wildman–Crippen MR) is 85.6 cm³/mol. The molecule has 0 radical (unpaired) electrons. The first-order valence-corrected chi connectivity index (χ1v) is 8.39. The Morgan fingerprint density at radius 2 is 1.96 bits per heavy atom. The van der Waals surface area contributed by atoms with E-state index in [1.807, 2.05) is 6.92 Å². The molecular weight excluding hydrogens is 319 g/mol. The third-order valence-electron chi connectivity index (χ3n) is 4.99. The van der Waals surface area contributed by atoms with Crippen molar-refractivity contribution < 1.29 is 13.2 Å². The van der Waals surface area contributed by atoms with E-state index in [2.05, 4.69) is 25.5 Å². The Balaban J connectivity index is 1.72. The van der Waals surface area contributed by atoms with Crippen LogP contribution >= 0.6 is 0 Å². The third-order valence-corrected chi connectivity index (χ3v) is 4.99. The summed E-state index contributed by atoms with van der Waals surface area (Å²) in [7, 11) is 0. The number of rotatable bonds is 4. The van der Waals surface area contributed by atoms with Gasteiger partial charge in [0.1, 0.15) is 11.6 Å². The highest BCUT2D eigenvalue weighted by Crippen LogP contribution is 2.41. The van der Waals surface area contributed by atoms with E-state index in [-0.39, 0.29) is 24.8 Å². The van der Waals surface area contributed by atoms with Crippen LogP contribution in [0.3, 0.4) is 0 Å². The van der Waals surface area contributed by atoms with Gasteiger partial charge in [-0.05, 0) is 44.9 Å². The van der Waals surface area contributed by atoms with Crippen molar-refractivity contribution in [1.29, 1.82) is 0 Å². The first-order chi connectivity index (χ1) is 11.4. The number of halogens is 3. The number of nitrogens with zero attached hydrogens (tertiary/aromatic N) is 3. The van der Waals surface area contributed by atoms with Gasteiger partial charge in [0.15, 0.2) is 5.65 Å². The van der Waals surface area contributed by atoms with E-state index in [0.29, 0.717) is 30.1 Å². The van der Waals surface area contributed by atoms with Gasteiger partial charge in [-0.2, -0.15) is 18.3 Å². The van der Waals surface area contributed by atoms with Crippen molar-refractivity contribution in [3.63, 3.8) is 0 Å². The smallest absolute Gasteiger partial charge is 0.366 e. The number of anilines is 1. The maximum atomic E-state index is 12.8. The number of alkyl halides is 3. The van der Waals surface area contributed by atoms with Gasteiger partial charge >= 0.3 is 6.18 Å². The summed E-state index contributed by atoms with van der Waals surface area (Å²) in [6.07, 6.45) is 0.0655. The van der Waals surface area contributed by atoms with Crippen LogP contribution in [0.4, 0.5) is 19.0 Å². The molecule has 0 saturated heterocycles. The molecule has 2 aromatic rings. The summed E-state index contributed by atoms with van der Waals surface area (Å²) >= 11 is 0. The zero-order valence-electron chi connectivity index (χ0n) is 13.8. The van der Waals surface area contributed by atoms with Crippen LogP contribution in [-0.4, -0.2) is 32.4 Å². The monoisotopic (exact) mass is 341 g/mol. The zero-order valence-corrected chi connectivity index (χ0v) is 13.8. The van der Waals surface area contributed by atoms with Crippen molar-refractivity contribution in [3.8, 4) is 0 Å². The number of hydrogen-bond acceptors (Lipinski definition) is 4. The van der Waals surface area contributed by atoms with E-state index >= 15 is 0 Å². The third kappa shape index (κ3) is 3.47. The summed E-state index contributed by atoms with van der Waals surface area (Å²) in [5.41, 5.74) is 0.667. The van der Waals surface area contributed by atoms with Crippen LogP contribution in [0.2, 0.25) is 0 Å². The van der Waals surface area contributed by atoms with Gasteiger partial charge in [-0.25, -0.2) is 9.97 Å². The summed E-state index contributed by atoms with van der Waals surface area (Å²) in [6, 6.07) is 0.103. The van der Waals surface area contributed by atoms with Crippen molar-refractivity contribution in [3.05, 3.63) is 12.0 Å². The lowest BCUT2D eigenvalue weighted by atomic mass is 9.77. The van der Waals surface area contributed by atoms with Crippen LogP contribution in [0.1, 0.15) is 44.9 Å². The average Bonchev–Trinajstić information content (AvgIpc) is 3.00. The summed E-state index contributed by atoms with van der Waals surface area (Å²) < 4.78 is 38.5. The Bertz CT molecular complexity index is 689. The molecule has 0 aliphatic heterocycles. The summed E-state index contributed by atoms with van der Waals surface area (Å²) in [5.74, 6) is 0.417. The van der Waals surface area contributed by atoms with Crippen molar-refractivity contribution in [2.45, 2.75) is 58.2 Å². The van der Waals surface area contributed by atoms with Gasteiger partial charge in [0.25, 0.3) is 0 Å². The fraction of sp³-hybridized carbons (Fsp3) is 0.688. The molecule has 1 aliphatic carbocycles. The maximum Gasteiger partial charge on any atom is 0.391 e. The second-order valence-corrected chi connectivity index (χ2v) is 6.56. The lowest BCUT2D eigenvalue weighted by Crippen LogP contribution is -2.35. The summed E-state index contributed by atoms with van der Waals surface area (Å²) in [4.78, 5) is 8.73. The molecular formula is C16H22F3N5. The van der Waals surface area contributed by atoms with E-state index in [4.69, 9.17) is 0 Å². The summed E-state index contributed by atoms with van der Waals surface area (Å²) in [5, 5.41) is 11.1. The highest BCUT2D eigenvalue weighted by atomic mass is 19.4. The molecule has 1 aliphatic rings. The highest BCUT2D eigenvalue weighted by Gasteiger charge is 2.42. The molecule has 5 nitrogen and oxygen atoms in total. The Kier molecular flexibility index (Phi) is 4.64. The van der Waals surface area contributed by atoms with Crippen LogP contribution in [0.15, 0.2) is 6.20 Å². The molecule has 1 unspecified atom stereocenters. The fourth-order valence-electron chi connectivity index (χ4n) is 3.63. The topological polar surface area (TPSA) is 66.5 Å². The van der Waals surface area contributed by atoms with Crippen molar-refractivity contribution in [1.82, 2.24) is 20.2 Å². The minimum absolute atomic E-state index is 0.103. The highest BCUT2D eigenvalue weighted by molar-refractivity contribution is 5.85. The van der Waals surface area contributed by atoms with Gasteiger partial charge in [-0.15, -0.1) is 0 Å². The van der Waals surface area contributed by atoms with E-state index in [1.165, 1.54) is 0 Å². The van der Waals surface area contributed by atoms with E-state index in [0.717, 1.165) is 11.8 Å². The molecule has 2 aromatic heterocycles. The molecule has 8 heteroatoms. The number of aromatic nitrogens is 4. The molecule has 132 valence electrons. The number of fused-ring (bicyclic) bond motifs is 1. The van der Waals surface area contributed by atoms with Gasteiger partial charge in [0.2, 0.25) is 0 Å². The fourth-order valence-corrected chi connectivity index (χ4v) is 3.63. The Hall–Kier alpha value is -1.86. The maximum absolute atomic E-state index is 12.8. The summed E-state index contributed by atoms with van der Waals surface area (Å²) in [6.45, 7) is 3.86. The molecule has 24 heavy (non-hydrogen) atoms. The molecule has 2 heterocycles. The number of aromatic amines is 1. The zero-order chi connectivity index (χ0) is 17.3. The molecule has 1 fully saturated rings. The van der Waals surface area contributed by atoms with Gasteiger partial charge in [0, 0.05) is 6.04 Å². The van der Waals surface area contributed by atoms with Gasteiger partial charge in [-0.1, -0.05) is 6.92 Å². The first-order valence-electron chi connectivity index (χ1n) is 8.39. The van der Waals surface area contributed by atoms with Crippen molar-refractivity contribution in [2.24, 2.45) is 11.8 Å². The second kappa shape index (κ2) is 6.57. The molecule has 1 atom stereocenters. The second-order valence-electron chi connectivity index (χ2n) is 6.56. The minimum atomic E-state index is -4.06. The number of hydrogen-bond donors (Lipinski definition) is 2. The van der Waals surface area contributed by atoms with Crippen molar-refractivity contribution >= 4 is 16.9 Å². The predicted octanol–water partition coefficient (Wildman–Crippen LogP) is 4.22. The molecule has 0 aromatic carbocycles. The molecule has 0 spiro atoms. The Morgan fingerprint density at radius 1 is 1.25 bits per heavy atom. The molecule has 2 N–H and O–H groups in total. The minimum Gasteiger partial charge on any atom is -0.366 e. The average molecular weight is 341 g/mol. The molecule has 3 rings (SSSR count). The van der Waals surface area contributed by atoms with E-state index in [9.17, 15) is 13.2 Å². The first kappa shape index (κ1) is 17.0. The van der Waals surface area contributed by atoms with E-state index in [1.54, 1.807) is 13.1 Å². The van der Waals surface area contributed by atoms with Crippen LogP contribution in [0, 0.1) is 18.8 Å². The quantitative estimate of drug-likeness (QED) is 0.874. The van der Waals surface area contributed by atoms with Gasteiger partial charge in [0.05, 0.1) is 17.5 Å². The van der Waals surface area contributed by atoms with Crippen LogP contribution in [0.25, 0.3) is 11.0 Å². The number of aryl methyl sites for hydroxylation is 1. The standard InChI is InChI=1S/C16H22F3N5/c1-3-13(10-4-6-11(7-5-10)16(17,18)19)23-14-12-8-20-24-15(12)22-9(2)21-14/h8,10-11,13H,3-7H2,1-2H3,(H2,20,21,22,23,24). The molecule has 0 amide bonds. The molecule has 1 saturated carbocycles. The largest absolute Gasteiger partial charge is 0.391 e. The van der Waals surface area contributed by atoms with E-state index < -0.39 is 12.1 Å². The van der Waals surface area contributed by atoms with Gasteiger partial charge < -0.3 is 5.32 Å². The Labute approximate surface area is 138 Å². The van der Waals surface area contributed by atoms with Crippen LogP contribution in [0.5, 0.6) is 0 Å².